The lowest BCUT2D eigenvalue weighted by molar-refractivity contribution is -1.25. The first-order chi connectivity index (χ1) is 14.9. The number of hydrogen-bond acceptors (Lipinski definition) is 5. The molecule has 0 saturated heterocycles. The number of aliphatic hydroxyl groups excluding tert-OH is 2. The Kier molecular flexibility index (Phi) is 15.3. The Morgan fingerprint density at radius 3 is 1.91 bits per heavy atom. The van der Waals surface area contributed by atoms with E-state index >= 15 is 0 Å². The summed E-state index contributed by atoms with van der Waals surface area (Å²) in [7, 11) is 0. The predicted molar refractivity (Wildman–Crippen MR) is 121 cm³/mol. The Bertz CT molecular complexity index is 840. The molecule has 0 saturated carbocycles. The van der Waals surface area contributed by atoms with E-state index in [-0.39, 0.29) is 60.2 Å². The largest absolute Gasteiger partial charge is 1.00 e. The summed E-state index contributed by atoms with van der Waals surface area (Å²) in [5, 5.41) is 38.1. The van der Waals surface area contributed by atoms with Crippen molar-refractivity contribution in [2.24, 2.45) is 0 Å². The highest BCUT2D eigenvalue weighted by molar-refractivity contribution is 5.59. The molecule has 1 aromatic carbocycles. The van der Waals surface area contributed by atoms with Gasteiger partial charge in [0.1, 0.15) is 0 Å². The maximum Gasteiger partial charge on any atom is 0.179 e. The van der Waals surface area contributed by atoms with E-state index in [2.05, 4.69) is 49.1 Å². The lowest BCUT2D eigenvalue weighted by atomic mass is 10.1. The van der Waals surface area contributed by atoms with Crippen LogP contribution in [0.5, 0.6) is 0 Å². The number of pyridine rings is 1. The van der Waals surface area contributed by atoms with Crippen LogP contribution in [-0.4, -0.2) is 64.3 Å². The van der Waals surface area contributed by atoms with Crippen molar-refractivity contribution in [3.8, 4) is 0 Å². The van der Waals surface area contributed by atoms with Crippen molar-refractivity contribution in [3.05, 3.63) is 72.1 Å². The molecule has 0 amide bonds. The molecule has 2 aromatic rings. The maximum atomic E-state index is 10.0. The fourth-order valence-corrected chi connectivity index (χ4v) is 3.31. The molecule has 1 aromatic heterocycles. The molecule has 0 radical (unpaired) electrons. The normalized spacial score (nSPS) is 12.4. The summed E-state index contributed by atoms with van der Waals surface area (Å²) < 4.78 is 1.77. The van der Waals surface area contributed by atoms with Crippen molar-refractivity contribution in [1.29, 1.82) is 0 Å². The average molecular weight is 589 g/mol. The number of allylic oxidation sites excluding steroid dienone is 2. The fourth-order valence-electron chi connectivity index (χ4n) is 3.31. The minimum atomic E-state index is -1.40. The fraction of sp³-hybridized carbons (Fsp3) is 0.375. The number of benzene rings is 1. The van der Waals surface area contributed by atoms with Crippen molar-refractivity contribution in [2.75, 3.05) is 37.7 Å². The van der Waals surface area contributed by atoms with E-state index < -0.39 is 10.9 Å². The van der Waals surface area contributed by atoms with Crippen molar-refractivity contribution in [3.63, 3.8) is 0 Å². The number of aliphatic hydroxyl groups is 2. The Balaban J connectivity index is 0.00000512. The molecular formula is C24H35Br2N3O4. The maximum absolute atomic E-state index is 10.0. The Morgan fingerprint density at radius 2 is 1.42 bits per heavy atom. The van der Waals surface area contributed by atoms with Crippen LogP contribution >= 0.6 is 0 Å². The van der Waals surface area contributed by atoms with E-state index in [1.165, 1.54) is 5.69 Å². The summed E-state index contributed by atoms with van der Waals surface area (Å²) in [5.41, 5.74) is 3.39. The number of nitrogens with zero attached hydrogens (tertiary/aromatic N) is 3. The van der Waals surface area contributed by atoms with Gasteiger partial charge >= 0.3 is 0 Å². The summed E-state index contributed by atoms with van der Waals surface area (Å²) in [6.45, 7) is 5.62. The van der Waals surface area contributed by atoms with Gasteiger partial charge < -0.3 is 49.1 Å². The first kappa shape index (κ1) is 31.4. The molecule has 0 fully saturated rings. The molecule has 0 aliphatic rings. The Morgan fingerprint density at radius 1 is 0.909 bits per heavy atom. The third kappa shape index (κ3) is 11.4. The van der Waals surface area contributed by atoms with Crippen LogP contribution in [0.2, 0.25) is 0 Å². The molecular weight excluding hydrogens is 554 g/mol. The second kappa shape index (κ2) is 16.1. The van der Waals surface area contributed by atoms with Gasteiger partial charge in [-0.1, -0.05) is 36.4 Å². The molecule has 9 heteroatoms. The first-order valence-electron chi connectivity index (χ1n) is 10.7. The molecule has 7 nitrogen and oxygen atoms in total. The molecule has 0 aliphatic heterocycles. The van der Waals surface area contributed by atoms with Crippen LogP contribution in [0.3, 0.4) is 0 Å². The van der Waals surface area contributed by atoms with Gasteiger partial charge in [-0.2, -0.15) is 10.4 Å². The van der Waals surface area contributed by atoms with Gasteiger partial charge in [-0.3, -0.25) is 0 Å². The number of hydrogen-bond donors (Lipinski definition) is 4. The molecule has 1 heterocycles. The summed E-state index contributed by atoms with van der Waals surface area (Å²) in [4.78, 5) is 0.913. The number of anilines is 1. The Hall–Kier alpha value is -1.59. The highest BCUT2D eigenvalue weighted by atomic mass is 79.9. The van der Waals surface area contributed by atoms with Gasteiger partial charge in [-0.05, 0) is 41.9 Å². The zero-order valence-corrected chi connectivity index (χ0v) is 22.3. The van der Waals surface area contributed by atoms with Gasteiger partial charge in [0, 0.05) is 30.9 Å². The topological polar surface area (TPSA) is 88.0 Å². The molecule has 184 valence electrons. The standard InChI is InChI=1S/C24H35N3O4.2BrH/c1-3-26(4-2)23-11-9-21(10-12-23)7-5-6-8-22-13-15-25(16-14-22)19-24(29)20-27(30,31)17-18-28;;/h5-16,24,28-31H,3-4,17-20H2,1-2H3;2*1H/q+2;;/p-2. The number of hydroxylamine groups is 4. The molecule has 2 rings (SSSR count). The van der Waals surface area contributed by atoms with Gasteiger partial charge in [-0.15, -0.1) is 0 Å². The number of aromatic nitrogens is 1. The number of quaternary nitrogens is 1. The van der Waals surface area contributed by atoms with Crippen LogP contribution in [0.4, 0.5) is 5.69 Å². The van der Waals surface area contributed by atoms with Crippen LogP contribution in [-0.2, 0) is 6.54 Å². The lowest BCUT2D eigenvalue weighted by Crippen LogP contribution is -3.00. The van der Waals surface area contributed by atoms with Gasteiger partial charge in [0.05, 0.1) is 6.61 Å². The van der Waals surface area contributed by atoms with Crippen LogP contribution in [0.25, 0.3) is 12.2 Å². The van der Waals surface area contributed by atoms with E-state index in [0.717, 1.165) is 24.2 Å². The quantitative estimate of drug-likeness (QED) is 0.0895. The minimum absolute atomic E-state index is 0. The van der Waals surface area contributed by atoms with E-state index in [9.17, 15) is 15.5 Å². The second-order valence-electron chi connectivity index (χ2n) is 7.47. The van der Waals surface area contributed by atoms with Crippen LogP contribution in [0, 0.1) is 0 Å². The van der Waals surface area contributed by atoms with Gasteiger partial charge in [0.15, 0.2) is 38.1 Å². The van der Waals surface area contributed by atoms with Crippen molar-refractivity contribution in [2.45, 2.75) is 26.5 Å². The molecule has 0 spiro atoms. The SMILES string of the molecule is CCN(CC)c1ccc(/C=C/C=C/c2cc[n+](CC(O)C[N+](O)(O)CCO)cc2)cc1.[Br-].[Br-]. The van der Waals surface area contributed by atoms with Gasteiger partial charge in [0.2, 0.25) is 0 Å². The summed E-state index contributed by atoms with van der Waals surface area (Å²) in [6, 6.07) is 12.3. The van der Waals surface area contributed by atoms with Crippen LogP contribution < -0.4 is 43.4 Å². The number of halogens is 2. The highest BCUT2D eigenvalue weighted by Gasteiger charge is 2.28. The molecule has 1 unspecified atom stereocenters. The molecule has 1 atom stereocenters. The first-order valence-corrected chi connectivity index (χ1v) is 10.7. The van der Waals surface area contributed by atoms with Crippen LogP contribution in [0.15, 0.2) is 60.9 Å². The average Bonchev–Trinajstić information content (AvgIpc) is 2.73. The summed E-state index contributed by atoms with van der Waals surface area (Å²) >= 11 is 0. The second-order valence-corrected chi connectivity index (χ2v) is 7.47. The monoisotopic (exact) mass is 587 g/mol. The number of rotatable bonds is 12. The van der Waals surface area contributed by atoms with E-state index in [4.69, 9.17) is 5.11 Å². The third-order valence-electron chi connectivity index (χ3n) is 5.01. The van der Waals surface area contributed by atoms with Crippen LogP contribution in [0.1, 0.15) is 25.0 Å². The minimum Gasteiger partial charge on any atom is -1.00 e. The van der Waals surface area contributed by atoms with E-state index in [0.29, 0.717) is 0 Å². The molecule has 0 bridgehead atoms. The molecule has 33 heavy (non-hydrogen) atoms. The lowest BCUT2D eigenvalue weighted by Gasteiger charge is -2.21. The summed E-state index contributed by atoms with van der Waals surface area (Å²) in [6.07, 6.45) is 10.7. The molecule has 4 N–H and O–H groups in total. The van der Waals surface area contributed by atoms with E-state index in [1.807, 2.05) is 42.8 Å². The Labute approximate surface area is 217 Å². The van der Waals surface area contributed by atoms with E-state index in [1.54, 1.807) is 4.57 Å². The van der Waals surface area contributed by atoms with Crippen molar-refractivity contribution >= 4 is 17.8 Å². The third-order valence-corrected chi connectivity index (χ3v) is 5.01. The van der Waals surface area contributed by atoms with Gasteiger partial charge in [0.25, 0.3) is 0 Å². The predicted octanol–water partition coefficient (Wildman–Crippen LogP) is -3.50. The zero-order valence-electron chi connectivity index (χ0n) is 19.1. The smallest absolute Gasteiger partial charge is 0.179 e. The molecule has 0 aliphatic carbocycles. The van der Waals surface area contributed by atoms with Crippen molar-refractivity contribution < 1.29 is 64.0 Å². The summed E-state index contributed by atoms with van der Waals surface area (Å²) in [5.74, 6) is 0. The zero-order chi connectivity index (χ0) is 22.7. The highest BCUT2D eigenvalue weighted by Crippen LogP contribution is 2.15. The van der Waals surface area contributed by atoms with Crippen molar-refractivity contribution in [1.82, 2.24) is 0 Å². The van der Waals surface area contributed by atoms with Gasteiger partial charge in [-0.25, -0.2) is 4.57 Å².